The van der Waals surface area contributed by atoms with Crippen molar-refractivity contribution in [2.75, 3.05) is 50.1 Å². The number of hydrogen-bond donors (Lipinski definition) is 1. The summed E-state index contributed by atoms with van der Waals surface area (Å²) in [6.07, 6.45) is 6.97. The van der Waals surface area contributed by atoms with Crippen LogP contribution >= 0.6 is 23.2 Å². The van der Waals surface area contributed by atoms with Gasteiger partial charge in [-0.15, -0.1) is 0 Å². The third-order valence-electron chi connectivity index (χ3n) is 9.10. The molecule has 6 heterocycles. The minimum absolute atomic E-state index is 0.0141. The zero-order valence-electron chi connectivity index (χ0n) is 26.2. The van der Waals surface area contributed by atoms with Gasteiger partial charge in [-0.2, -0.15) is 10.2 Å². The number of aromatic carboxylic acids is 1. The molecule has 0 bridgehead atoms. The number of rotatable bonds is 9. The molecule has 0 aliphatic carbocycles. The van der Waals surface area contributed by atoms with Gasteiger partial charge in [0, 0.05) is 55.6 Å². The third kappa shape index (κ3) is 6.02. The van der Waals surface area contributed by atoms with Gasteiger partial charge in [0.1, 0.15) is 23.0 Å². The molecule has 0 amide bonds. The summed E-state index contributed by atoms with van der Waals surface area (Å²) in [5, 5.41) is 19.3. The average molecular weight is 688 g/mol. The molecule has 2 aliphatic heterocycles. The molecule has 12 nitrogen and oxygen atoms in total. The highest BCUT2D eigenvalue weighted by Crippen LogP contribution is 2.40. The van der Waals surface area contributed by atoms with Crippen molar-refractivity contribution in [3.8, 4) is 11.6 Å². The second-order valence-corrected chi connectivity index (χ2v) is 13.1. The first-order valence-corrected chi connectivity index (χ1v) is 16.2. The fourth-order valence-corrected chi connectivity index (χ4v) is 6.81. The molecule has 0 unspecified atom stereocenters. The van der Waals surface area contributed by atoms with E-state index in [0.29, 0.717) is 51.8 Å². The van der Waals surface area contributed by atoms with Gasteiger partial charge in [-0.25, -0.2) is 14.8 Å². The predicted octanol–water partition coefficient (Wildman–Crippen LogP) is 4.77. The Bertz CT molecular complexity index is 2040. The first kappa shape index (κ1) is 31.8. The van der Waals surface area contributed by atoms with E-state index in [1.165, 1.54) is 6.20 Å². The van der Waals surface area contributed by atoms with Crippen LogP contribution in [-0.4, -0.2) is 93.1 Å². The number of fused-ring (bicyclic) bond motifs is 1. The van der Waals surface area contributed by atoms with Gasteiger partial charge >= 0.3 is 5.97 Å². The zero-order chi connectivity index (χ0) is 33.5. The van der Waals surface area contributed by atoms with Crippen LogP contribution in [0.25, 0.3) is 16.6 Å². The number of nitrogens with zero attached hydrogens (tertiary/aromatic N) is 8. The van der Waals surface area contributed by atoms with Crippen LogP contribution in [-0.2, 0) is 0 Å². The number of carboxylic acids is 1. The first-order valence-electron chi connectivity index (χ1n) is 15.5. The van der Waals surface area contributed by atoms with E-state index in [-0.39, 0.29) is 29.5 Å². The van der Waals surface area contributed by atoms with E-state index in [0.717, 1.165) is 24.6 Å². The number of hydrogen-bond acceptors (Lipinski definition) is 10. The largest absolute Gasteiger partial charge is 0.477 e. The van der Waals surface area contributed by atoms with Gasteiger partial charge < -0.3 is 29.1 Å². The third-order valence-corrected chi connectivity index (χ3v) is 9.69. The van der Waals surface area contributed by atoms with Crippen molar-refractivity contribution in [2.24, 2.45) is 0 Å². The Morgan fingerprint density at radius 2 is 1.85 bits per heavy atom. The lowest BCUT2D eigenvalue weighted by Gasteiger charge is -2.43. The van der Waals surface area contributed by atoms with Crippen molar-refractivity contribution in [1.82, 2.24) is 29.6 Å². The van der Waals surface area contributed by atoms with Crippen LogP contribution in [0.15, 0.2) is 78.1 Å². The molecule has 48 heavy (non-hydrogen) atoms. The molecule has 2 fully saturated rings. The topological polar surface area (TPSA) is 130 Å². The molecule has 7 rings (SSSR count). The molecule has 2 saturated heterocycles. The molecule has 246 valence electrons. The van der Waals surface area contributed by atoms with Crippen LogP contribution in [0.4, 0.5) is 11.5 Å². The minimum atomic E-state index is -1.33. The number of aromatic nitrogens is 5. The van der Waals surface area contributed by atoms with E-state index >= 15 is 0 Å². The summed E-state index contributed by atoms with van der Waals surface area (Å²) in [4.78, 5) is 41.1. The highest BCUT2D eigenvalue weighted by Gasteiger charge is 2.36. The lowest BCUT2D eigenvalue weighted by Crippen LogP contribution is -2.57. The molecule has 2 atom stereocenters. The maximum absolute atomic E-state index is 13.5. The first-order chi connectivity index (χ1) is 23.2. The van der Waals surface area contributed by atoms with Crippen LogP contribution in [0, 0.1) is 0 Å². The summed E-state index contributed by atoms with van der Waals surface area (Å²) in [5.41, 5.74) is 1.61. The summed E-state index contributed by atoms with van der Waals surface area (Å²) in [7, 11) is 4.12. The van der Waals surface area contributed by atoms with Crippen molar-refractivity contribution in [3.05, 3.63) is 105 Å². The highest BCUT2D eigenvalue weighted by atomic mass is 35.5. The average Bonchev–Trinajstić information content (AvgIpc) is 3.48. The lowest BCUT2D eigenvalue weighted by atomic mass is 10.0. The second-order valence-electron chi connectivity index (χ2n) is 12.3. The molecule has 4 aromatic heterocycles. The van der Waals surface area contributed by atoms with Crippen LogP contribution in [0.1, 0.15) is 28.4 Å². The fraction of sp³-hybridized carbons (Fsp3) is 0.294. The van der Waals surface area contributed by atoms with Crippen LogP contribution in [0.3, 0.4) is 0 Å². The monoisotopic (exact) mass is 686 g/mol. The molecule has 1 aromatic carbocycles. The van der Waals surface area contributed by atoms with E-state index in [2.05, 4.69) is 49.0 Å². The number of benzene rings is 1. The molecule has 2 aliphatic rings. The minimum Gasteiger partial charge on any atom is -0.477 e. The SMILES string of the molecule is CN(C)C1CN(c2ccc(-n3cc(C(=O)O)c(=O)c4cc(Cl)c(N5C[C@H](c6cccnn6)C[C@@H]5COc5ncccc5Cl)cc43)cn2)C1. The van der Waals surface area contributed by atoms with Gasteiger partial charge in [-0.05, 0) is 69.0 Å². The van der Waals surface area contributed by atoms with E-state index in [1.54, 1.807) is 41.4 Å². The molecular weight excluding hydrogens is 655 g/mol. The number of likely N-dealkylation sites (N-methyl/N-ethyl adjacent to an activating group) is 1. The Morgan fingerprint density at radius 1 is 1.04 bits per heavy atom. The number of carboxylic acid groups (broad SMARTS) is 1. The van der Waals surface area contributed by atoms with Crippen LogP contribution in [0.5, 0.6) is 5.88 Å². The number of carbonyl (C=O) groups is 1. The number of anilines is 2. The Hall–Kier alpha value is -4.78. The predicted molar refractivity (Wildman–Crippen MR) is 184 cm³/mol. The molecule has 0 spiro atoms. The van der Waals surface area contributed by atoms with Crippen LogP contribution < -0.4 is 20.0 Å². The molecular formula is C34H32Cl2N8O4. The second kappa shape index (κ2) is 13.0. The number of ether oxygens (including phenoxy) is 1. The number of halogens is 2. The van der Waals surface area contributed by atoms with Gasteiger partial charge in [-0.3, -0.25) is 4.79 Å². The Morgan fingerprint density at radius 3 is 2.54 bits per heavy atom. The molecule has 14 heteroatoms. The Balaban J connectivity index is 1.29. The highest BCUT2D eigenvalue weighted by molar-refractivity contribution is 6.34. The van der Waals surface area contributed by atoms with Crippen molar-refractivity contribution < 1.29 is 14.6 Å². The van der Waals surface area contributed by atoms with Gasteiger partial charge in [0.05, 0.1) is 39.8 Å². The maximum atomic E-state index is 13.5. The van der Waals surface area contributed by atoms with E-state index in [1.807, 2.05) is 30.3 Å². The summed E-state index contributed by atoms with van der Waals surface area (Å²) < 4.78 is 7.79. The van der Waals surface area contributed by atoms with Gasteiger partial charge in [0.25, 0.3) is 0 Å². The lowest BCUT2D eigenvalue weighted by molar-refractivity contribution is 0.0695. The summed E-state index contributed by atoms with van der Waals surface area (Å²) >= 11 is 13.3. The van der Waals surface area contributed by atoms with E-state index in [9.17, 15) is 14.7 Å². The Labute approximate surface area is 286 Å². The summed E-state index contributed by atoms with van der Waals surface area (Å²) in [5.74, 6) is -0.159. The molecule has 5 aromatic rings. The quantitative estimate of drug-likeness (QED) is 0.230. The van der Waals surface area contributed by atoms with E-state index in [4.69, 9.17) is 27.9 Å². The van der Waals surface area contributed by atoms with Gasteiger partial charge in [0.15, 0.2) is 0 Å². The molecule has 1 N–H and O–H groups in total. The van der Waals surface area contributed by atoms with Gasteiger partial charge in [0.2, 0.25) is 11.3 Å². The molecule has 0 saturated carbocycles. The summed E-state index contributed by atoms with van der Waals surface area (Å²) in [6.45, 7) is 2.54. The van der Waals surface area contributed by atoms with Crippen molar-refractivity contribution >= 4 is 51.6 Å². The van der Waals surface area contributed by atoms with Crippen LogP contribution in [0.2, 0.25) is 10.0 Å². The van der Waals surface area contributed by atoms with E-state index < -0.39 is 11.4 Å². The standard InChI is InChI=1S/C34H32Cl2N8O4/c1-41(2)23-16-42(17-23)31-8-7-21(14-38-31)44-18-25(34(46)47)32(45)24-12-27(36)30(13-29(24)44)43-15-20(28-6-4-10-39-40-28)11-22(43)19-48-33-26(35)5-3-9-37-33/h3-10,12-14,18,20,22-23H,11,15-17,19H2,1-2H3,(H,46,47)/t20-,22-/m1/s1. The maximum Gasteiger partial charge on any atom is 0.341 e. The normalized spacial score (nSPS) is 18.0. The Kier molecular flexibility index (Phi) is 8.63. The summed E-state index contributed by atoms with van der Waals surface area (Å²) in [6, 6.07) is 14.7. The molecule has 0 radical (unpaired) electrons. The van der Waals surface area contributed by atoms with Gasteiger partial charge in [-0.1, -0.05) is 23.2 Å². The fourth-order valence-electron chi connectivity index (χ4n) is 6.36. The zero-order valence-corrected chi connectivity index (χ0v) is 27.7. The van der Waals surface area contributed by atoms with Crippen molar-refractivity contribution in [3.63, 3.8) is 0 Å². The van der Waals surface area contributed by atoms with Crippen molar-refractivity contribution in [2.45, 2.75) is 24.4 Å². The van der Waals surface area contributed by atoms with Crippen molar-refractivity contribution in [1.29, 1.82) is 0 Å². The number of pyridine rings is 3. The smallest absolute Gasteiger partial charge is 0.341 e.